The average Bonchev–Trinajstić information content (AvgIpc) is 2.26. The highest BCUT2D eigenvalue weighted by molar-refractivity contribution is 6.05. The third kappa shape index (κ3) is 2.29. The van der Waals surface area contributed by atoms with Crippen molar-refractivity contribution in [2.24, 2.45) is 0 Å². The Kier molecular flexibility index (Phi) is 3.47. The molecule has 86 valence electrons. The molecule has 0 bridgehead atoms. The van der Waals surface area contributed by atoms with Crippen LogP contribution >= 0.6 is 0 Å². The van der Waals surface area contributed by atoms with Crippen LogP contribution in [0.2, 0.25) is 0 Å². The second-order valence-electron chi connectivity index (χ2n) is 3.37. The number of nitrogens with zero attached hydrogens (tertiary/aromatic N) is 1. The molecular formula is C10H12N2O4. The largest absolute Gasteiger partial charge is 0.478 e. The van der Waals surface area contributed by atoms with E-state index in [1.807, 2.05) is 0 Å². The minimum atomic E-state index is -1.22. The second-order valence-corrected chi connectivity index (χ2v) is 3.37. The number of carboxylic acids is 1. The van der Waals surface area contributed by atoms with E-state index in [4.69, 9.17) is 10.3 Å². The molecule has 0 aromatic heterocycles. The lowest BCUT2D eigenvalue weighted by atomic mass is 10.1. The van der Waals surface area contributed by atoms with Gasteiger partial charge in [-0.05, 0) is 18.2 Å². The van der Waals surface area contributed by atoms with Crippen LogP contribution in [0.1, 0.15) is 20.7 Å². The number of amides is 1. The Morgan fingerprint density at radius 1 is 1.25 bits per heavy atom. The molecule has 0 fully saturated rings. The van der Waals surface area contributed by atoms with E-state index in [9.17, 15) is 9.59 Å². The SMILES string of the molecule is CN(C)c1ccc(C(=O)NO)c(C(=O)O)c1. The van der Waals surface area contributed by atoms with Gasteiger partial charge in [-0.2, -0.15) is 0 Å². The number of aromatic carboxylic acids is 1. The van der Waals surface area contributed by atoms with E-state index < -0.39 is 11.9 Å². The summed E-state index contributed by atoms with van der Waals surface area (Å²) < 4.78 is 0. The molecule has 0 radical (unpaired) electrons. The van der Waals surface area contributed by atoms with Crippen molar-refractivity contribution in [3.05, 3.63) is 29.3 Å². The maximum absolute atomic E-state index is 11.2. The van der Waals surface area contributed by atoms with Crippen molar-refractivity contribution in [2.75, 3.05) is 19.0 Å². The molecule has 1 aromatic rings. The van der Waals surface area contributed by atoms with Crippen LogP contribution in [0.5, 0.6) is 0 Å². The molecule has 1 amide bonds. The number of hydroxylamine groups is 1. The van der Waals surface area contributed by atoms with Crippen LogP contribution in [0.25, 0.3) is 0 Å². The predicted molar refractivity (Wildman–Crippen MR) is 57.0 cm³/mol. The Hall–Kier alpha value is -2.08. The topological polar surface area (TPSA) is 89.9 Å². The summed E-state index contributed by atoms with van der Waals surface area (Å²) in [4.78, 5) is 23.8. The summed E-state index contributed by atoms with van der Waals surface area (Å²) in [5.41, 5.74) is 1.83. The maximum Gasteiger partial charge on any atom is 0.336 e. The molecule has 0 saturated heterocycles. The van der Waals surface area contributed by atoms with Gasteiger partial charge < -0.3 is 10.0 Å². The van der Waals surface area contributed by atoms with E-state index in [1.165, 1.54) is 17.6 Å². The minimum absolute atomic E-state index is 0.0828. The predicted octanol–water partition coefficient (Wildman–Crippen LogP) is 0.570. The summed E-state index contributed by atoms with van der Waals surface area (Å²) in [6.45, 7) is 0. The maximum atomic E-state index is 11.2. The van der Waals surface area contributed by atoms with Crippen LogP contribution in [0.3, 0.4) is 0 Å². The van der Waals surface area contributed by atoms with Crippen LogP contribution in [-0.4, -0.2) is 36.3 Å². The van der Waals surface area contributed by atoms with Crippen molar-refractivity contribution >= 4 is 17.6 Å². The minimum Gasteiger partial charge on any atom is -0.478 e. The molecule has 6 heteroatoms. The van der Waals surface area contributed by atoms with E-state index in [2.05, 4.69) is 0 Å². The zero-order valence-electron chi connectivity index (χ0n) is 8.89. The van der Waals surface area contributed by atoms with Gasteiger partial charge in [0.15, 0.2) is 0 Å². The van der Waals surface area contributed by atoms with Crippen molar-refractivity contribution in [3.63, 3.8) is 0 Å². The van der Waals surface area contributed by atoms with E-state index in [0.29, 0.717) is 5.69 Å². The van der Waals surface area contributed by atoms with Crippen molar-refractivity contribution in [3.8, 4) is 0 Å². The number of nitrogens with one attached hydrogen (secondary N) is 1. The third-order valence-electron chi connectivity index (χ3n) is 2.10. The third-order valence-corrected chi connectivity index (χ3v) is 2.10. The van der Waals surface area contributed by atoms with Gasteiger partial charge in [0.1, 0.15) is 0 Å². The number of rotatable bonds is 3. The van der Waals surface area contributed by atoms with Gasteiger partial charge in [-0.1, -0.05) is 0 Å². The monoisotopic (exact) mass is 224 g/mol. The fraction of sp³-hybridized carbons (Fsp3) is 0.200. The van der Waals surface area contributed by atoms with Gasteiger partial charge in [0.2, 0.25) is 0 Å². The summed E-state index contributed by atoms with van der Waals surface area (Å²) in [6, 6.07) is 4.31. The standard InChI is InChI=1S/C10H12N2O4/c1-12(2)6-3-4-7(9(13)11-16)8(5-6)10(14)15/h3-5,16H,1-2H3,(H,11,13)(H,14,15). The van der Waals surface area contributed by atoms with E-state index in [-0.39, 0.29) is 11.1 Å². The summed E-state index contributed by atoms with van der Waals surface area (Å²) in [5, 5.41) is 17.4. The Balaban J connectivity index is 3.30. The normalized spacial score (nSPS) is 9.69. The van der Waals surface area contributed by atoms with Gasteiger partial charge in [0.05, 0.1) is 11.1 Å². The first-order chi connectivity index (χ1) is 7.47. The van der Waals surface area contributed by atoms with Crippen LogP contribution in [0.4, 0.5) is 5.69 Å². The molecule has 16 heavy (non-hydrogen) atoms. The van der Waals surface area contributed by atoms with Crippen molar-refractivity contribution in [2.45, 2.75) is 0 Å². The van der Waals surface area contributed by atoms with Crippen LogP contribution in [0, 0.1) is 0 Å². The molecule has 6 nitrogen and oxygen atoms in total. The first-order valence-electron chi connectivity index (χ1n) is 4.46. The molecule has 0 saturated carbocycles. The molecule has 0 spiro atoms. The van der Waals surface area contributed by atoms with Gasteiger partial charge >= 0.3 is 5.97 Å². The molecule has 0 atom stereocenters. The first-order valence-corrected chi connectivity index (χ1v) is 4.46. The number of benzene rings is 1. The van der Waals surface area contributed by atoms with E-state index in [1.54, 1.807) is 25.1 Å². The Labute approximate surface area is 92.1 Å². The fourth-order valence-electron chi connectivity index (χ4n) is 1.25. The van der Waals surface area contributed by atoms with E-state index in [0.717, 1.165) is 0 Å². The highest BCUT2D eigenvalue weighted by Gasteiger charge is 2.17. The van der Waals surface area contributed by atoms with Gasteiger partial charge in [0.25, 0.3) is 5.91 Å². The smallest absolute Gasteiger partial charge is 0.336 e. The summed E-state index contributed by atoms with van der Waals surface area (Å²) in [7, 11) is 3.51. The second kappa shape index (κ2) is 4.63. The highest BCUT2D eigenvalue weighted by atomic mass is 16.5. The molecule has 1 rings (SSSR count). The van der Waals surface area contributed by atoms with Gasteiger partial charge in [-0.15, -0.1) is 0 Å². The number of hydrogen-bond acceptors (Lipinski definition) is 4. The zero-order valence-corrected chi connectivity index (χ0v) is 8.89. The molecular weight excluding hydrogens is 212 g/mol. The first kappa shape index (κ1) is 12.0. The number of anilines is 1. The molecule has 1 aromatic carbocycles. The average molecular weight is 224 g/mol. The van der Waals surface area contributed by atoms with Gasteiger partial charge in [-0.25, -0.2) is 10.3 Å². The fourth-order valence-corrected chi connectivity index (χ4v) is 1.25. The number of carbonyl (C=O) groups is 2. The summed E-state index contributed by atoms with van der Waals surface area (Å²) in [6.07, 6.45) is 0. The number of carbonyl (C=O) groups excluding carboxylic acids is 1. The lowest BCUT2D eigenvalue weighted by molar-refractivity contribution is 0.0662. The summed E-state index contributed by atoms with van der Waals surface area (Å²) >= 11 is 0. The Bertz CT molecular complexity index is 429. The Morgan fingerprint density at radius 2 is 1.88 bits per heavy atom. The van der Waals surface area contributed by atoms with E-state index >= 15 is 0 Å². The van der Waals surface area contributed by atoms with Crippen molar-refractivity contribution in [1.82, 2.24) is 5.48 Å². The van der Waals surface area contributed by atoms with Crippen LogP contribution < -0.4 is 10.4 Å². The number of hydrogen-bond donors (Lipinski definition) is 3. The van der Waals surface area contributed by atoms with Crippen LogP contribution in [-0.2, 0) is 0 Å². The molecule has 0 aliphatic rings. The van der Waals surface area contributed by atoms with Crippen LogP contribution in [0.15, 0.2) is 18.2 Å². The molecule has 0 aliphatic heterocycles. The Morgan fingerprint density at radius 3 is 2.31 bits per heavy atom. The molecule has 0 aliphatic carbocycles. The number of carboxylic acid groups (broad SMARTS) is 1. The van der Waals surface area contributed by atoms with Gasteiger partial charge in [-0.3, -0.25) is 10.0 Å². The van der Waals surface area contributed by atoms with Crippen molar-refractivity contribution < 1.29 is 19.9 Å². The van der Waals surface area contributed by atoms with Gasteiger partial charge in [0, 0.05) is 19.8 Å². The van der Waals surface area contributed by atoms with Crippen molar-refractivity contribution in [1.29, 1.82) is 0 Å². The molecule has 0 unspecified atom stereocenters. The molecule has 3 N–H and O–H groups in total. The lowest BCUT2D eigenvalue weighted by Crippen LogP contribution is -2.22. The zero-order chi connectivity index (χ0) is 12.3. The summed E-state index contributed by atoms with van der Waals surface area (Å²) in [5.74, 6) is -2.06. The lowest BCUT2D eigenvalue weighted by Gasteiger charge is -2.14. The quantitative estimate of drug-likeness (QED) is 0.516. The highest BCUT2D eigenvalue weighted by Crippen LogP contribution is 2.18. The molecule has 0 heterocycles.